The fraction of sp³-hybridized carbons (Fsp3) is 0.115. The van der Waals surface area contributed by atoms with E-state index in [1.165, 1.54) is 4.90 Å². The van der Waals surface area contributed by atoms with Crippen molar-refractivity contribution in [2.45, 2.75) is 18.5 Å². The molecule has 0 bridgehead atoms. The molecule has 5 aromatic rings. The monoisotopic (exact) mass is 532 g/mol. The van der Waals surface area contributed by atoms with Gasteiger partial charge in [0.15, 0.2) is 0 Å². The van der Waals surface area contributed by atoms with E-state index in [2.05, 4.69) is 25.6 Å². The number of para-hydroxylation sites is 1. The molecule has 6 rings (SSSR count). The third kappa shape index (κ3) is 3.83. The second kappa shape index (κ2) is 9.02. The standard InChI is InChI=1S/C26H18Cl2N6O3/c27-18-9-4-8-16(21(18)28)23-22-17(15-7-1-2-10-19(15)29-22)12-20(26(36)37)34(23)25(35)14-6-3-5-13(11-14)24-30-32-33-31-24/h1-11,20,23,29H,12H2,(H,36,37)(H,30,31,32,33)/t20-,23?/m1/s1. The van der Waals surface area contributed by atoms with Gasteiger partial charge in [-0.15, -0.1) is 10.2 Å². The van der Waals surface area contributed by atoms with E-state index < -0.39 is 24.0 Å². The molecule has 2 aromatic heterocycles. The van der Waals surface area contributed by atoms with E-state index in [1.54, 1.807) is 42.5 Å². The van der Waals surface area contributed by atoms with E-state index in [9.17, 15) is 14.7 Å². The number of halogens is 2. The summed E-state index contributed by atoms with van der Waals surface area (Å²) in [6.07, 6.45) is 0.125. The highest BCUT2D eigenvalue weighted by molar-refractivity contribution is 6.42. The minimum atomic E-state index is -1.16. The van der Waals surface area contributed by atoms with Crippen LogP contribution in [0, 0.1) is 0 Å². The number of H-pyrrole nitrogens is 2. The van der Waals surface area contributed by atoms with Gasteiger partial charge in [-0.2, -0.15) is 5.21 Å². The molecule has 1 aliphatic heterocycles. The van der Waals surface area contributed by atoms with Crippen molar-refractivity contribution in [1.82, 2.24) is 30.5 Å². The summed E-state index contributed by atoms with van der Waals surface area (Å²) < 4.78 is 0. The van der Waals surface area contributed by atoms with E-state index >= 15 is 0 Å². The van der Waals surface area contributed by atoms with Gasteiger partial charge in [0.1, 0.15) is 12.1 Å². The van der Waals surface area contributed by atoms with E-state index in [4.69, 9.17) is 23.2 Å². The largest absolute Gasteiger partial charge is 0.480 e. The summed E-state index contributed by atoms with van der Waals surface area (Å²) in [6, 6.07) is 17.5. The van der Waals surface area contributed by atoms with Crippen LogP contribution in [0.15, 0.2) is 66.7 Å². The number of hydrogen-bond acceptors (Lipinski definition) is 5. The van der Waals surface area contributed by atoms with Gasteiger partial charge in [-0.1, -0.05) is 65.7 Å². The van der Waals surface area contributed by atoms with Gasteiger partial charge in [0.05, 0.1) is 10.0 Å². The number of nitrogens with zero attached hydrogens (tertiary/aromatic N) is 4. The Hall–Kier alpha value is -4.21. The van der Waals surface area contributed by atoms with Crippen LogP contribution in [-0.4, -0.2) is 53.5 Å². The zero-order valence-corrected chi connectivity index (χ0v) is 20.5. The number of carboxylic acid groups (broad SMARTS) is 1. The highest BCUT2D eigenvalue weighted by Crippen LogP contribution is 2.44. The van der Waals surface area contributed by atoms with Crippen LogP contribution in [0.25, 0.3) is 22.3 Å². The molecule has 0 spiro atoms. The Bertz CT molecular complexity index is 1670. The van der Waals surface area contributed by atoms with Gasteiger partial charge in [0, 0.05) is 39.7 Å². The lowest BCUT2D eigenvalue weighted by Gasteiger charge is -2.41. The number of aliphatic carboxylic acids is 1. The first kappa shape index (κ1) is 23.2. The van der Waals surface area contributed by atoms with Crippen LogP contribution < -0.4 is 0 Å². The van der Waals surface area contributed by atoms with Gasteiger partial charge < -0.3 is 15.0 Å². The summed E-state index contributed by atoms with van der Waals surface area (Å²) in [4.78, 5) is 31.6. The SMILES string of the molecule is O=C(O)[C@H]1Cc2c([nH]c3ccccc23)C(c2cccc(Cl)c2Cl)N1C(=O)c1cccc(-c2nn[nH]n2)c1. The van der Waals surface area contributed by atoms with Crippen LogP contribution in [0.4, 0.5) is 0 Å². The fourth-order valence-electron chi connectivity index (χ4n) is 5.01. The number of carbonyl (C=O) groups is 2. The lowest BCUT2D eigenvalue weighted by molar-refractivity contribution is -0.143. The van der Waals surface area contributed by atoms with Gasteiger partial charge in [-0.3, -0.25) is 4.79 Å². The third-order valence-corrected chi connectivity index (χ3v) is 7.47. The first-order chi connectivity index (χ1) is 17.9. The van der Waals surface area contributed by atoms with Crippen molar-refractivity contribution in [2.75, 3.05) is 0 Å². The summed E-state index contributed by atoms with van der Waals surface area (Å²) in [5, 5.41) is 25.7. The maximum atomic E-state index is 14.1. The normalized spacial score (nSPS) is 17.1. The molecule has 3 aromatic carbocycles. The minimum absolute atomic E-state index is 0.125. The van der Waals surface area contributed by atoms with Gasteiger partial charge in [0.2, 0.25) is 5.82 Å². The van der Waals surface area contributed by atoms with Crippen LogP contribution in [0.3, 0.4) is 0 Å². The van der Waals surface area contributed by atoms with Gasteiger partial charge >= 0.3 is 5.97 Å². The van der Waals surface area contributed by atoms with E-state index in [0.717, 1.165) is 16.5 Å². The Morgan fingerprint density at radius 1 is 1.03 bits per heavy atom. The van der Waals surface area contributed by atoms with Crippen LogP contribution in [0.5, 0.6) is 0 Å². The van der Waals surface area contributed by atoms with E-state index in [1.807, 2.05) is 24.3 Å². The number of amides is 1. The molecule has 3 N–H and O–H groups in total. The van der Waals surface area contributed by atoms with Crippen molar-refractivity contribution in [2.24, 2.45) is 0 Å². The molecule has 1 amide bonds. The number of rotatable bonds is 4. The van der Waals surface area contributed by atoms with Crippen LogP contribution in [0.1, 0.15) is 33.2 Å². The number of carboxylic acids is 1. The molecule has 3 heterocycles. The number of hydrogen-bond donors (Lipinski definition) is 3. The summed E-state index contributed by atoms with van der Waals surface area (Å²) in [5.74, 6) is -1.29. The molecule has 184 valence electrons. The molecule has 1 unspecified atom stereocenters. The molecule has 0 saturated heterocycles. The molecule has 9 nitrogen and oxygen atoms in total. The van der Waals surface area contributed by atoms with Gasteiger partial charge in [-0.25, -0.2) is 4.79 Å². The van der Waals surface area contributed by atoms with Crippen LogP contribution in [-0.2, 0) is 11.2 Å². The van der Waals surface area contributed by atoms with E-state index in [0.29, 0.717) is 27.7 Å². The number of tetrazole rings is 1. The molecular formula is C26H18Cl2N6O3. The number of aromatic amines is 2. The molecule has 0 saturated carbocycles. The maximum Gasteiger partial charge on any atom is 0.326 e. The first-order valence-corrected chi connectivity index (χ1v) is 12.1. The van der Waals surface area contributed by atoms with Crippen LogP contribution in [0.2, 0.25) is 10.0 Å². The van der Waals surface area contributed by atoms with Gasteiger partial charge in [0.25, 0.3) is 5.91 Å². The Morgan fingerprint density at radius 2 is 1.84 bits per heavy atom. The van der Waals surface area contributed by atoms with Crippen molar-refractivity contribution in [3.8, 4) is 11.4 Å². The average molecular weight is 533 g/mol. The Kier molecular flexibility index (Phi) is 5.66. The first-order valence-electron chi connectivity index (χ1n) is 11.4. The minimum Gasteiger partial charge on any atom is -0.480 e. The Morgan fingerprint density at radius 3 is 2.62 bits per heavy atom. The van der Waals surface area contributed by atoms with Crippen LogP contribution >= 0.6 is 23.2 Å². The summed E-state index contributed by atoms with van der Waals surface area (Å²) in [7, 11) is 0. The molecule has 37 heavy (non-hydrogen) atoms. The molecule has 11 heteroatoms. The predicted octanol–water partition coefficient (Wildman–Crippen LogP) is 4.90. The van der Waals surface area contributed by atoms with Crippen molar-refractivity contribution in [1.29, 1.82) is 0 Å². The summed E-state index contributed by atoms with van der Waals surface area (Å²) in [6.45, 7) is 0. The molecule has 2 atom stereocenters. The molecular weight excluding hydrogens is 515 g/mol. The third-order valence-electron chi connectivity index (χ3n) is 6.64. The molecule has 0 fully saturated rings. The number of aromatic nitrogens is 5. The highest BCUT2D eigenvalue weighted by atomic mass is 35.5. The number of benzene rings is 3. The highest BCUT2D eigenvalue weighted by Gasteiger charge is 2.44. The van der Waals surface area contributed by atoms with Crippen molar-refractivity contribution >= 4 is 46.0 Å². The van der Waals surface area contributed by atoms with Crippen molar-refractivity contribution < 1.29 is 14.7 Å². The van der Waals surface area contributed by atoms with E-state index in [-0.39, 0.29) is 17.0 Å². The number of carbonyl (C=O) groups excluding carboxylic acids is 1. The quantitative estimate of drug-likeness (QED) is 0.302. The Labute approximate surface area is 220 Å². The average Bonchev–Trinajstić information content (AvgIpc) is 3.57. The molecule has 1 aliphatic rings. The zero-order valence-electron chi connectivity index (χ0n) is 19.0. The maximum absolute atomic E-state index is 14.1. The number of fused-ring (bicyclic) bond motifs is 3. The topological polar surface area (TPSA) is 128 Å². The second-order valence-electron chi connectivity index (χ2n) is 8.70. The van der Waals surface area contributed by atoms with Crippen molar-refractivity contribution in [3.05, 3.63) is 99.2 Å². The number of nitrogens with one attached hydrogen (secondary N) is 2. The second-order valence-corrected chi connectivity index (χ2v) is 9.48. The smallest absolute Gasteiger partial charge is 0.326 e. The predicted molar refractivity (Wildman–Crippen MR) is 138 cm³/mol. The summed E-state index contributed by atoms with van der Waals surface area (Å²) in [5.41, 5.74) is 3.73. The lowest BCUT2D eigenvalue weighted by Crippen LogP contribution is -2.51. The zero-order chi connectivity index (χ0) is 25.7. The Balaban J connectivity index is 1.57. The lowest BCUT2D eigenvalue weighted by atomic mass is 9.87. The fourth-order valence-corrected chi connectivity index (χ4v) is 5.42. The molecule has 0 radical (unpaired) electrons. The molecule has 0 aliphatic carbocycles. The van der Waals surface area contributed by atoms with Gasteiger partial charge in [-0.05, 0) is 35.0 Å². The van der Waals surface area contributed by atoms with Crippen molar-refractivity contribution in [3.63, 3.8) is 0 Å². The summed E-state index contributed by atoms with van der Waals surface area (Å²) >= 11 is 13.0.